The van der Waals surface area contributed by atoms with Gasteiger partial charge in [-0.1, -0.05) is 6.42 Å². The minimum absolute atomic E-state index is 0.226. The molecule has 0 bridgehead atoms. The number of hydrogen-bond acceptors (Lipinski definition) is 3. The molecule has 1 aromatic heterocycles. The van der Waals surface area contributed by atoms with E-state index in [1.54, 1.807) is 18.3 Å². The van der Waals surface area contributed by atoms with E-state index < -0.39 is 0 Å². The molecule has 1 fully saturated rings. The van der Waals surface area contributed by atoms with E-state index in [0.717, 1.165) is 37.1 Å². The van der Waals surface area contributed by atoms with Crippen LogP contribution in [0.25, 0.3) is 11.4 Å². The normalized spacial score (nSPS) is 21.8. The molecular weight excluding hydrogens is 283 g/mol. The van der Waals surface area contributed by atoms with Crippen molar-refractivity contribution in [2.45, 2.75) is 31.7 Å². The minimum atomic E-state index is -0.373. The zero-order valence-corrected chi connectivity index (χ0v) is 12.7. The molecule has 0 radical (unpaired) electrons. The Morgan fingerprint density at radius 3 is 3.05 bits per heavy atom. The first-order chi connectivity index (χ1) is 10.7. The van der Waals surface area contributed by atoms with Crippen LogP contribution in [0.3, 0.4) is 0 Å². The molecule has 118 valence electrons. The molecule has 2 aromatic rings. The van der Waals surface area contributed by atoms with E-state index in [2.05, 4.69) is 9.55 Å². The highest BCUT2D eigenvalue weighted by Gasteiger charge is 2.24. The van der Waals surface area contributed by atoms with Crippen molar-refractivity contribution in [2.75, 3.05) is 13.7 Å². The van der Waals surface area contributed by atoms with Gasteiger partial charge in [0.1, 0.15) is 5.82 Å². The summed E-state index contributed by atoms with van der Waals surface area (Å²) in [6, 6.07) is 5.15. The summed E-state index contributed by atoms with van der Waals surface area (Å²) in [5, 5.41) is 9.41. The summed E-state index contributed by atoms with van der Waals surface area (Å²) < 4.78 is 20.8. The van der Waals surface area contributed by atoms with Gasteiger partial charge in [0.15, 0.2) is 11.6 Å². The van der Waals surface area contributed by atoms with Crippen LogP contribution in [0.1, 0.15) is 31.7 Å². The Labute approximate surface area is 129 Å². The number of aliphatic hydroxyl groups is 1. The molecule has 1 N–H and O–H groups in total. The fourth-order valence-corrected chi connectivity index (χ4v) is 3.31. The summed E-state index contributed by atoms with van der Waals surface area (Å²) in [5.74, 6) is 1.03. The van der Waals surface area contributed by atoms with Crippen molar-refractivity contribution in [2.24, 2.45) is 5.92 Å². The number of imidazole rings is 1. The molecule has 0 saturated heterocycles. The van der Waals surface area contributed by atoms with Gasteiger partial charge in [-0.05, 0) is 43.4 Å². The third kappa shape index (κ3) is 2.86. The van der Waals surface area contributed by atoms with E-state index >= 15 is 0 Å². The predicted molar refractivity (Wildman–Crippen MR) is 82.3 cm³/mol. The van der Waals surface area contributed by atoms with Crippen LogP contribution in [0.2, 0.25) is 0 Å². The van der Waals surface area contributed by atoms with Crippen LogP contribution in [-0.4, -0.2) is 28.4 Å². The van der Waals surface area contributed by atoms with Crippen molar-refractivity contribution in [1.29, 1.82) is 0 Å². The van der Waals surface area contributed by atoms with E-state index in [-0.39, 0.29) is 18.2 Å². The van der Waals surface area contributed by atoms with Crippen LogP contribution in [0, 0.1) is 11.7 Å². The monoisotopic (exact) mass is 304 g/mol. The fraction of sp³-hybridized carbons (Fsp3) is 0.471. The molecule has 0 amide bonds. The number of methoxy groups -OCH3 is 1. The molecule has 2 atom stereocenters. The Bertz CT molecular complexity index is 641. The first-order valence-electron chi connectivity index (χ1n) is 7.70. The Morgan fingerprint density at radius 2 is 2.27 bits per heavy atom. The Morgan fingerprint density at radius 1 is 1.41 bits per heavy atom. The van der Waals surface area contributed by atoms with Gasteiger partial charge in [-0.3, -0.25) is 0 Å². The summed E-state index contributed by atoms with van der Waals surface area (Å²) >= 11 is 0. The number of aliphatic hydroxyl groups excluding tert-OH is 1. The second kappa shape index (κ2) is 6.48. The van der Waals surface area contributed by atoms with Gasteiger partial charge >= 0.3 is 0 Å². The molecule has 1 aliphatic carbocycles. The number of nitrogens with zero attached hydrogens (tertiary/aromatic N) is 2. The standard InChI is InChI=1S/C17H21FN2O2/c1-22-16-10-13(5-6-15(16)18)17-19-7-8-20(17)14-4-2-3-12(9-14)11-21/h5-8,10,12,14,21H,2-4,9,11H2,1H3/t12-,14-/m1/s1. The summed E-state index contributed by atoms with van der Waals surface area (Å²) in [6.45, 7) is 0.241. The highest BCUT2D eigenvalue weighted by Crippen LogP contribution is 2.35. The average molecular weight is 304 g/mol. The van der Waals surface area contributed by atoms with Gasteiger partial charge in [-0.15, -0.1) is 0 Å². The number of rotatable bonds is 4. The minimum Gasteiger partial charge on any atom is -0.494 e. The van der Waals surface area contributed by atoms with Crippen molar-refractivity contribution in [3.8, 4) is 17.1 Å². The molecule has 0 aliphatic heterocycles. The van der Waals surface area contributed by atoms with E-state index in [1.165, 1.54) is 13.2 Å². The average Bonchev–Trinajstić information content (AvgIpc) is 3.05. The van der Waals surface area contributed by atoms with E-state index in [4.69, 9.17) is 4.74 Å². The molecule has 1 aliphatic rings. The van der Waals surface area contributed by atoms with E-state index in [1.807, 2.05) is 6.20 Å². The maximum atomic E-state index is 13.6. The van der Waals surface area contributed by atoms with Gasteiger partial charge in [0.25, 0.3) is 0 Å². The molecule has 1 saturated carbocycles. The van der Waals surface area contributed by atoms with Crippen molar-refractivity contribution in [3.05, 3.63) is 36.4 Å². The summed E-state index contributed by atoms with van der Waals surface area (Å²) in [7, 11) is 1.46. The van der Waals surface area contributed by atoms with Gasteiger partial charge in [0, 0.05) is 30.6 Å². The van der Waals surface area contributed by atoms with Gasteiger partial charge in [-0.2, -0.15) is 0 Å². The van der Waals surface area contributed by atoms with Crippen molar-refractivity contribution in [3.63, 3.8) is 0 Å². The lowest BCUT2D eigenvalue weighted by molar-refractivity contribution is 0.163. The van der Waals surface area contributed by atoms with Crippen LogP contribution < -0.4 is 4.74 Å². The topological polar surface area (TPSA) is 47.3 Å². The quantitative estimate of drug-likeness (QED) is 0.941. The number of hydrogen-bond donors (Lipinski definition) is 1. The van der Waals surface area contributed by atoms with Gasteiger partial charge in [0.05, 0.1) is 7.11 Å². The number of aromatic nitrogens is 2. The Balaban J connectivity index is 1.92. The van der Waals surface area contributed by atoms with Crippen LogP contribution in [0.4, 0.5) is 4.39 Å². The number of ether oxygens (including phenoxy) is 1. The third-order valence-electron chi connectivity index (χ3n) is 4.48. The molecular formula is C17H21FN2O2. The first kappa shape index (κ1) is 15.0. The second-order valence-corrected chi connectivity index (χ2v) is 5.88. The van der Waals surface area contributed by atoms with Crippen molar-refractivity contribution in [1.82, 2.24) is 9.55 Å². The van der Waals surface area contributed by atoms with Crippen molar-refractivity contribution < 1.29 is 14.2 Å². The van der Waals surface area contributed by atoms with Crippen molar-refractivity contribution >= 4 is 0 Å². The summed E-state index contributed by atoms with van der Waals surface area (Å²) in [5.41, 5.74) is 0.842. The lowest BCUT2D eigenvalue weighted by atomic mass is 9.86. The lowest BCUT2D eigenvalue weighted by Gasteiger charge is -2.30. The predicted octanol–water partition coefficient (Wildman–Crippen LogP) is 3.42. The maximum absolute atomic E-state index is 13.6. The van der Waals surface area contributed by atoms with E-state index in [0.29, 0.717) is 12.0 Å². The molecule has 4 nitrogen and oxygen atoms in total. The molecule has 1 heterocycles. The molecule has 22 heavy (non-hydrogen) atoms. The Hall–Kier alpha value is -1.88. The second-order valence-electron chi connectivity index (χ2n) is 5.88. The summed E-state index contributed by atoms with van der Waals surface area (Å²) in [6.07, 6.45) is 7.97. The Kier molecular flexibility index (Phi) is 4.43. The fourth-order valence-electron chi connectivity index (χ4n) is 3.31. The van der Waals surface area contributed by atoms with Crippen LogP contribution in [0.5, 0.6) is 5.75 Å². The molecule has 5 heteroatoms. The highest BCUT2D eigenvalue weighted by atomic mass is 19.1. The number of halogens is 1. The van der Waals surface area contributed by atoms with Crippen LogP contribution in [-0.2, 0) is 0 Å². The first-order valence-corrected chi connectivity index (χ1v) is 7.70. The maximum Gasteiger partial charge on any atom is 0.165 e. The molecule has 3 rings (SSSR count). The van der Waals surface area contributed by atoms with Gasteiger partial charge in [-0.25, -0.2) is 9.37 Å². The SMILES string of the molecule is COc1cc(-c2nccn2[C@@H]2CCC[C@@H](CO)C2)ccc1F. The smallest absolute Gasteiger partial charge is 0.165 e. The van der Waals surface area contributed by atoms with Gasteiger partial charge in [0.2, 0.25) is 0 Å². The number of benzene rings is 1. The highest BCUT2D eigenvalue weighted by molar-refractivity contribution is 5.58. The third-order valence-corrected chi connectivity index (χ3v) is 4.48. The van der Waals surface area contributed by atoms with Gasteiger partial charge < -0.3 is 14.4 Å². The molecule has 0 spiro atoms. The van der Waals surface area contributed by atoms with E-state index in [9.17, 15) is 9.50 Å². The zero-order chi connectivity index (χ0) is 15.5. The lowest BCUT2D eigenvalue weighted by Crippen LogP contribution is -2.21. The van der Waals surface area contributed by atoms with Crippen LogP contribution in [0.15, 0.2) is 30.6 Å². The molecule has 0 unspecified atom stereocenters. The zero-order valence-electron chi connectivity index (χ0n) is 12.7. The van der Waals surface area contributed by atoms with Crippen LogP contribution >= 0.6 is 0 Å². The summed E-state index contributed by atoms with van der Waals surface area (Å²) in [4.78, 5) is 4.44. The molecule has 1 aromatic carbocycles. The largest absolute Gasteiger partial charge is 0.494 e.